The summed E-state index contributed by atoms with van der Waals surface area (Å²) in [7, 11) is 2.01. The number of carbonyl (C=O) groups excluding carboxylic acids is 1. The molecule has 16 heavy (non-hydrogen) atoms. The maximum atomic E-state index is 12.3. The van der Waals surface area contributed by atoms with E-state index in [2.05, 4.69) is 19.2 Å². The summed E-state index contributed by atoms with van der Waals surface area (Å²) in [6.07, 6.45) is 1.98. The number of nitrogens with zero attached hydrogens (tertiary/aromatic N) is 1. The van der Waals surface area contributed by atoms with Gasteiger partial charge in [0.05, 0.1) is 0 Å². The molecule has 2 unspecified atom stereocenters. The smallest absolute Gasteiger partial charge is 0.228 e. The average Bonchev–Trinajstić information content (AvgIpc) is 2.27. The van der Waals surface area contributed by atoms with Gasteiger partial charge in [0.2, 0.25) is 5.91 Å². The molecule has 0 aromatic rings. The fourth-order valence-electron chi connectivity index (χ4n) is 2.34. The highest BCUT2D eigenvalue weighted by atomic mass is 16.2. The van der Waals surface area contributed by atoms with Crippen molar-refractivity contribution in [2.24, 2.45) is 11.3 Å². The van der Waals surface area contributed by atoms with E-state index in [-0.39, 0.29) is 5.41 Å². The molecule has 3 nitrogen and oxygen atoms in total. The molecular formula is C13H26N2O. The number of nitrogens with one attached hydrogen (secondary N) is 1. The Labute approximate surface area is 99.6 Å². The number of amides is 1. The first-order valence-corrected chi connectivity index (χ1v) is 6.39. The lowest BCUT2D eigenvalue weighted by atomic mass is 9.86. The van der Waals surface area contributed by atoms with Crippen LogP contribution >= 0.6 is 0 Å². The van der Waals surface area contributed by atoms with Crippen molar-refractivity contribution in [3.63, 3.8) is 0 Å². The summed E-state index contributed by atoms with van der Waals surface area (Å²) in [5.41, 5.74) is -0.202. The molecule has 1 saturated heterocycles. The molecule has 0 aliphatic carbocycles. The molecule has 2 atom stereocenters. The van der Waals surface area contributed by atoms with Gasteiger partial charge in [-0.2, -0.15) is 0 Å². The molecule has 0 aromatic heterocycles. The lowest BCUT2D eigenvalue weighted by molar-refractivity contribution is -0.142. The molecule has 1 N–H and O–H groups in total. The zero-order chi connectivity index (χ0) is 12.3. The van der Waals surface area contributed by atoms with Crippen LogP contribution in [0.4, 0.5) is 0 Å². The van der Waals surface area contributed by atoms with Crippen LogP contribution in [0, 0.1) is 11.3 Å². The van der Waals surface area contributed by atoms with Gasteiger partial charge in [0.1, 0.15) is 0 Å². The molecule has 1 rings (SSSR count). The minimum Gasteiger partial charge on any atom is -0.342 e. The average molecular weight is 226 g/mol. The zero-order valence-corrected chi connectivity index (χ0v) is 11.3. The van der Waals surface area contributed by atoms with Crippen LogP contribution in [0.5, 0.6) is 0 Å². The molecular weight excluding hydrogens is 200 g/mol. The van der Waals surface area contributed by atoms with E-state index >= 15 is 0 Å². The molecule has 1 aliphatic heterocycles. The Morgan fingerprint density at radius 3 is 2.56 bits per heavy atom. The second-order valence-corrected chi connectivity index (χ2v) is 5.65. The summed E-state index contributed by atoms with van der Waals surface area (Å²) in [6.45, 7) is 10.2. The third kappa shape index (κ3) is 2.76. The van der Waals surface area contributed by atoms with Gasteiger partial charge >= 0.3 is 0 Å². The van der Waals surface area contributed by atoms with Crippen molar-refractivity contribution in [1.82, 2.24) is 10.2 Å². The van der Waals surface area contributed by atoms with E-state index in [1.807, 2.05) is 25.8 Å². The maximum absolute atomic E-state index is 12.3. The Hall–Kier alpha value is -0.570. The number of rotatable bonds is 3. The highest BCUT2D eigenvalue weighted by Gasteiger charge is 2.34. The van der Waals surface area contributed by atoms with Gasteiger partial charge in [-0.25, -0.2) is 0 Å². The van der Waals surface area contributed by atoms with Crippen molar-refractivity contribution in [2.75, 3.05) is 20.1 Å². The molecule has 1 aliphatic rings. The molecule has 1 fully saturated rings. The fourth-order valence-corrected chi connectivity index (χ4v) is 2.34. The number of likely N-dealkylation sites (tertiary alicyclic amines) is 1. The van der Waals surface area contributed by atoms with Crippen LogP contribution in [0.15, 0.2) is 0 Å². The summed E-state index contributed by atoms with van der Waals surface area (Å²) in [4.78, 5) is 14.3. The highest BCUT2D eigenvalue weighted by Crippen LogP contribution is 2.26. The Morgan fingerprint density at radius 1 is 1.50 bits per heavy atom. The number of hydrogen-bond acceptors (Lipinski definition) is 2. The largest absolute Gasteiger partial charge is 0.342 e. The van der Waals surface area contributed by atoms with E-state index in [1.165, 1.54) is 0 Å². The van der Waals surface area contributed by atoms with Crippen molar-refractivity contribution in [2.45, 2.75) is 46.6 Å². The lowest BCUT2D eigenvalue weighted by Gasteiger charge is -2.40. The Kier molecular flexibility index (Phi) is 4.36. The molecule has 0 aromatic carbocycles. The monoisotopic (exact) mass is 226 g/mol. The predicted octanol–water partition coefficient (Wildman–Crippen LogP) is 1.88. The van der Waals surface area contributed by atoms with Gasteiger partial charge in [0.15, 0.2) is 0 Å². The lowest BCUT2D eigenvalue weighted by Crippen LogP contribution is -2.52. The zero-order valence-electron chi connectivity index (χ0n) is 11.3. The molecule has 1 heterocycles. The SMILES string of the molecule is CCC(C)(C)C(=O)N1CCC(NC)C(C)C1. The van der Waals surface area contributed by atoms with Gasteiger partial charge in [-0.3, -0.25) is 4.79 Å². The minimum absolute atomic E-state index is 0.202. The van der Waals surface area contributed by atoms with Crippen LogP contribution in [-0.4, -0.2) is 37.0 Å². The quantitative estimate of drug-likeness (QED) is 0.797. The molecule has 1 amide bonds. The summed E-state index contributed by atoms with van der Waals surface area (Å²) < 4.78 is 0. The number of hydrogen-bond donors (Lipinski definition) is 1. The van der Waals surface area contributed by atoms with Gasteiger partial charge in [0.25, 0.3) is 0 Å². The summed E-state index contributed by atoms with van der Waals surface area (Å²) in [6, 6.07) is 0.564. The summed E-state index contributed by atoms with van der Waals surface area (Å²) >= 11 is 0. The normalized spacial score (nSPS) is 26.9. The van der Waals surface area contributed by atoms with Crippen LogP contribution in [0.2, 0.25) is 0 Å². The molecule has 0 radical (unpaired) electrons. The standard InChI is InChI=1S/C13H26N2O/c1-6-13(3,4)12(16)15-8-7-11(14-5)10(2)9-15/h10-11,14H,6-9H2,1-5H3. The molecule has 3 heteroatoms. The molecule has 0 bridgehead atoms. The van der Waals surface area contributed by atoms with Crippen molar-refractivity contribution in [3.8, 4) is 0 Å². The maximum Gasteiger partial charge on any atom is 0.228 e. The number of carbonyl (C=O) groups is 1. The van der Waals surface area contributed by atoms with E-state index in [0.29, 0.717) is 17.9 Å². The Morgan fingerprint density at radius 2 is 2.12 bits per heavy atom. The molecule has 0 saturated carbocycles. The van der Waals surface area contributed by atoms with Crippen molar-refractivity contribution in [3.05, 3.63) is 0 Å². The van der Waals surface area contributed by atoms with Gasteiger partial charge in [-0.05, 0) is 25.8 Å². The second-order valence-electron chi connectivity index (χ2n) is 5.65. The van der Waals surface area contributed by atoms with Gasteiger partial charge < -0.3 is 10.2 Å². The van der Waals surface area contributed by atoms with Crippen LogP contribution in [0.25, 0.3) is 0 Å². The summed E-state index contributed by atoms with van der Waals surface area (Å²) in [5, 5.41) is 3.33. The minimum atomic E-state index is -0.202. The van der Waals surface area contributed by atoms with Crippen molar-refractivity contribution in [1.29, 1.82) is 0 Å². The first kappa shape index (κ1) is 13.5. The predicted molar refractivity (Wildman–Crippen MR) is 67.3 cm³/mol. The van der Waals surface area contributed by atoms with E-state index in [1.54, 1.807) is 0 Å². The highest BCUT2D eigenvalue weighted by molar-refractivity contribution is 5.82. The first-order valence-electron chi connectivity index (χ1n) is 6.39. The van der Waals surface area contributed by atoms with Crippen LogP contribution < -0.4 is 5.32 Å². The van der Waals surface area contributed by atoms with E-state index in [9.17, 15) is 4.79 Å². The van der Waals surface area contributed by atoms with E-state index < -0.39 is 0 Å². The first-order chi connectivity index (χ1) is 7.42. The Balaban J connectivity index is 2.61. The number of piperidine rings is 1. The van der Waals surface area contributed by atoms with E-state index in [4.69, 9.17) is 0 Å². The van der Waals surface area contributed by atoms with Gasteiger partial charge in [-0.15, -0.1) is 0 Å². The summed E-state index contributed by atoms with van der Waals surface area (Å²) in [5.74, 6) is 0.867. The third-order valence-corrected chi connectivity index (χ3v) is 4.03. The molecule has 94 valence electrons. The topological polar surface area (TPSA) is 32.3 Å². The fraction of sp³-hybridized carbons (Fsp3) is 0.923. The Bertz CT molecular complexity index is 250. The molecule has 0 spiro atoms. The van der Waals surface area contributed by atoms with Gasteiger partial charge in [0, 0.05) is 24.5 Å². The van der Waals surface area contributed by atoms with Crippen LogP contribution in [-0.2, 0) is 4.79 Å². The van der Waals surface area contributed by atoms with E-state index in [0.717, 1.165) is 25.9 Å². The van der Waals surface area contributed by atoms with Crippen molar-refractivity contribution < 1.29 is 4.79 Å². The van der Waals surface area contributed by atoms with Crippen LogP contribution in [0.1, 0.15) is 40.5 Å². The van der Waals surface area contributed by atoms with Gasteiger partial charge in [-0.1, -0.05) is 27.7 Å². The van der Waals surface area contributed by atoms with Crippen LogP contribution in [0.3, 0.4) is 0 Å². The van der Waals surface area contributed by atoms with Crippen molar-refractivity contribution >= 4 is 5.91 Å². The third-order valence-electron chi connectivity index (χ3n) is 4.03. The second kappa shape index (κ2) is 5.17.